The summed E-state index contributed by atoms with van der Waals surface area (Å²) in [7, 11) is -3.74. The zero-order chi connectivity index (χ0) is 15.6. The smallest absolute Gasteiger partial charge is 0.240 e. The number of halogens is 2. The predicted molar refractivity (Wildman–Crippen MR) is 83.7 cm³/mol. The third-order valence-corrected chi connectivity index (χ3v) is 4.91. The maximum Gasteiger partial charge on any atom is 0.240 e. The van der Waals surface area contributed by atoms with Crippen LogP contribution in [0.3, 0.4) is 0 Å². The lowest BCUT2D eigenvalue weighted by atomic mass is 10.2. The van der Waals surface area contributed by atoms with Crippen molar-refractivity contribution < 1.29 is 12.8 Å². The molecule has 2 rings (SSSR count). The normalized spacial score (nSPS) is 11.6. The molecule has 0 fully saturated rings. The van der Waals surface area contributed by atoms with E-state index in [0.717, 1.165) is 5.56 Å². The van der Waals surface area contributed by atoms with Gasteiger partial charge in [-0.2, -0.15) is 0 Å². The first-order chi connectivity index (χ1) is 9.79. The van der Waals surface area contributed by atoms with Crippen LogP contribution >= 0.6 is 15.9 Å². The first-order valence-electron chi connectivity index (χ1n) is 6.09. The molecule has 0 saturated heterocycles. The van der Waals surface area contributed by atoms with Gasteiger partial charge in [0.1, 0.15) is 5.82 Å². The number of nitrogens with one attached hydrogen (secondary N) is 1. The molecule has 0 unspecified atom stereocenters. The van der Waals surface area contributed by atoms with E-state index >= 15 is 0 Å². The Hall–Kier alpha value is -1.44. The molecular weight excluding hydrogens is 359 g/mol. The molecule has 0 saturated carbocycles. The van der Waals surface area contributed by atoms with E-state index in [2.05, 4.69) is 20.7 Å². The van der Waals surface area contributed by atoms with E-state index in [-0.39, 0.29) is 17.0 Å². The molecule has 2 aromatic rings. The quantitative estimate of drug-likeness (QED) is 0.810. The molecule has 0 spiro atoms. The van der Waals surface area contributed by atoms with Crippen molar-refractivity contribution in [3.63, 3.8) is 0 Å². The van der Waals surface area contributed by atoms with Gasteiger partial charge < -0.3 is 5.73 Å². The highest BCUT2D eigenvalue weighted by atomic mass is 79.9. The van der Waals surface area contributed by atoms with Gasteiger partial charge in [-0.25, -0.2) is 17.5 Å². The Bertz CT molecular complexity index is 779. The maximum absolute atomic E-state index is 13.6. The van der Waals surface area contributed by atoms with Crippen LogP contribution in [0.5, 0.6) is 0 Å². The number of hydrogen-bond acceptors (Lipinski definition) is 3. The number of aryl methyl sites for hydroxylation is 1. The summed E-state index contributed by atoms with van der Waals surface area (Å²) in [5, 5.41) is 0. The molecular formula is C14H14BrFN2O2S. The number of hydrogen-bond donors (Lipinski definition) is 2. The molecule has 4 nitrogen and oxygen atoms in total. The van der Waals surface area contributed by atoms with Gasteiger partial charge in [0.05, 0.1) is 4.90 Å². The molecule has 0 heterocycles. The summed E-state index contributed by atoms with van der Waals surface area (Å²) in [6.45, 7) is 1.65. The molecule has 21 heavy (non-hydrogen) atoms. The fourth-order valence-corrected chi connectivity index (χ4v) is 3.17. The van der Waals surface area contributed by atoms with Crippen LogP contribution in [0.25, 0.3) is 0 Å². The van der Waals surface area contributed by atoms with Crippen LogP contribution in [0.1, 0.15) is 11.1 Å². The van der Waals surface area contributed by atoms with Crippen molar-refractivity contribution in [1.82, 2.24) is 4.72 Å². The summed E-state index contributed by atoms with van der Waals surface area (Å²) in [6.07, 6.45) is 0. The topological polar surface area (TPSA) is 72.2 Å². The Kier molecular flexibility index (Phi) is 4.65. The molecule has 0 aliphatic heterocycles. The van der Waals surface area contributed by atoms with Crippen molar-refractivity contribution in [3.8, 4) is 0 Å². The minimum atomic E-state index is -3.74. The van der Waals surface area contributed by atoms with Gasteiger partial charge in [0.25, 0.3) is 0 Å². The second-order valence-corrected chi connectivity index (χ2v) is 7.26. The molecule has 2 aromatic carbocycles. The van der Waals surface area contributed by atoms with E-state index in [0.29, 0.717) is 10.2 Å². The lowest BCUT2D eigenvalue weighted by molar-refractivity contribution is 0.574. The lowest BCUT2D eigenvalue weighted by Crippen LogP contribution is -2.24. The third-order valence-electron chi connectivity index (χ3n) is 3.02. The SMILES string of the molecule is Cc1ccc(S(=O)(=O)NCc2cc(Br)ccc2F)cc1N. The molecule has 0 aliphatic carbocycles. The van der Waals surface area contributed by atoms with Crippen LogP contribution in [0, 0.1) is 12.7 Å². The summed E-state index contributed by atoms with van der Waals surface area (Å²) in [5.74, 6) is -0.468. The van der Waals surface area contributed by atoms with Crippen molar-refractivity contribution in [2.75, 3.05) is 5.73 Å². The minimum Gasteiger partial charge on any atom is -0.398 e. The van der Waals surface area contributed by atoms with Gasteiger partial charge in [0.2, 0.25) is 10.0 Å². The fourth-order valence-electron chi connectivity index (χ4n) is 1.72. The van der Waals surface area contributed by atoms with E-state index in [1.54, 1.807) is 19.1 Å². The third kappa shape index (κ3) is 3.81. The Labute approximate surface area is 131 Å². The van der Waals surface area contributed by atoms with Crippen LogP contribution < -0.4 is 10.5 Å². The van der Waals surface area contributed by atoms with Gasteiger partial charge in [-0.3, -0.25) is 0 Å². The van der Waals surface area contributed by atoms with Gasteiger partial charge in [-0.05, 0) is 42.8 Å². The molecule has 7 heteroatoms. The first kappa shape index (κ1) is 15.9. The number of rotatable bonds is 4. The summed E-state index contributed by atoms with van der Waals surface area (Å²) in [5.41, 5.74) is 7.16. The monoisotopic (exact) mass is 372 g/mol. The molecule has 0 radical (unpaired) electrons. The lowest BCUT2D eigenvalue weighted by Gasteiger charge is -2.09. The molecule has 0 aliphatic rings. The molecule has 0 amide bonds. The highest BCUT2D eigenvalue weighted by molar-refractivity contribution is 9.10. The van der Waals surface area contributed by atoms with E-state index in [1.807, 2.05) is 0 Å². The van der Waals surface area contributed by atoms with Gasteiger partial charge in [0.15, 0.2) is 0 Å². The molecule has 0 atom stereocenters. The fraction of sp³-hybridized carbons (Fsp3) is 0.143. The number of nitrogen functional groups attached to an aromatic ring is 1. The average molecular weight is 373 g/mol. The molecule has 112 valence electrons. The summed E-state index contributed by atoms with van der Waals surface area (Å²) in [6, 6.07) is 8.83. The van der Waals surface area contributed by atoms with Gasteiger partial charge in [-0.15, -0.1) is 0 Å². The Morgan fingerprint density at radius 3 is 2.62 bits per heavy atom. The van der Waals surface area contributed by atoms with Crippen LogP contribution in [-0.2, 0) is 16.6 Å². The van der Waals surface area contributed by atoms with Crippen LogP contribution in [0.4, 0.5) is 10.1 Å². The predicted octanol–water partition coefficient (Wildman–Crippen LogP) is 2.96. The number of anilines is 1. The Balaban J connectivity index is 2.21. The van der Waals surface area contributed by atoms with E-state index < -0.39 is 15.8 Å². The van der Waals surface area contributed by atoms with Gasteiger partial charge in [-0.1, -0.05) is 22.0 Å². The Morgan fingerprint density at radius 2 is 1.95 bits per heavy atom. The summed E-state index contributed by atoms with van der Waals surface area (Å²) in [4.78, 5) is 0.0565. The minimum absolute atomic E-state index is 0.0565. The Morgan fingerprint density at radius 1 is 1.24 bits per heavy atom. The zero-order valence-electron chi connectivity index (χ0n) is 11.2. The van der Waals surface area contributed by atoms with Gasteiger partial charge in [0, 0.05) is 22.3 Å². The summed E-state index contributed by atoms with van der Waals surface area (Å²) < 4.78 is 41.0. The van der Waals surface area contributed by atoms with Crippen molar-refractivity contribution >= 4 is 31.6 Å². The molecule has 0 bridgehead atoms. The van der Waals surface area contributed by atoms with Gasteiger partial charge >= 0.3 is 0 Å². The van der Waals surface area contributed by atoms with E-state index in [1.165, 1.54) is 24.3 Å². The van der Waals surface area contributed by atoms with Crippen LogP contribution in [0.2, 0.25) is 0 Å². The first-order valence-corrected chi connectivity index (χ1v) is 8.37. The highest BCUT2D eigenvalue weighted by Crippen LogP contribution is 2.19. The van der Waals surface area contributed by atoms with Crippen molar-refractivity contribution in [3.05, 3.63) is 57.8 Å². The van der Waals surface area contributed by atoms with Crippen molar-refractivity contribution in [2.24, 2.45) is 0 Å². The van der Waals surface area contributed by atoms with Crippen molar-refractivity contribution in [2.45, 2.75) is 18.4 Å². The second kappa shape index (κ2) is 6.13. The van der Waals surface area contributed by atoms with E-state index in [9.17, 15) is 12.8 Å². The summed E-state index contributed by atoms with van der Waals surface area (Å²) >= 11 is 3.22. The average Bonchev–Trinajstić information content (AvgIpc) is 2.43. The number of sulfonamides is 1. The van der Waals surface area contributed by atoms with Crippen molar-refractivity contribution in [1.29, 1.82) is 0 Å². The molecule has 0 aromatic heterocycles. The second-order valence-electron chi connectivity index (χ2n) is 4.58. The molecule has 3 N–H and O–H groups in total. The number of benzene rings is 2. The standard InChI is InChI=1S/C14H14BrFN2O2S/c1-9-2-4-12(7-14(9)17)21(19,20)18-8-10-6-11(15)3-5-13(10)16/h2-7,18H,8,17H2,1H3. The maximum atomic E-state index is 13.6. The largest absolute Gasteiger partial charge is 0.398 e. The number of nitrogens with two attached hydrogens (primary N) is 1. The van der Waals surface area contributed by atoms with E-state index in [4.69, 9.17) is 5.73 Å². The van der Waals surface area contributed by atoms with Crippen LogP contribution in [0.15, 0.2) is 45.8 Å². The van der Waals surface area contributed by atoms with Crippen LogP contribution in [-0.4, -0.2) is 8.42 Å². The zero-order valence-corrected chi connectivity index (χ0v) is 13.6. The highest BCUT2D eigenvalue weighted by Gasteiger charge is 2.15.